The summed E-state index contributed by atoms with van der Waals surface area (Å²) in [4.78, 5) is 12.5. The predicted molar refractivity (Wildman–Crippen MR) is 81.5 cm³/mol. The van der Waals surface area contributed by atoms with Crippen LogP contribution < -0.4 is 5.32 Å². The molecule has 2 aromatic carbocycles. The maximum absolute atomic E-state index is 12.5. The maximum atomic E-state index is 12.5. The molecule has 22 heavy (non-hydrogen) atoms. The molecule has 6 heteroatoms. The van der Waals surface area contributed by atoms with Gasteiger partial charge in [-0.1, -0.05) is 42.5 Å². The molecular weight excluding hydrogens is 278 g/mol. The summed E-state index contributed by atoms with van der Waals surface area (Å²) in [5, 5.41) is 14.3. The van der Waals surface area contributed by atoms with Crippen LogP contribution in [0, 0.1) is 6.92 Å². The van der Waals surface area contributed by atoms with Crippen molar-refractivity contribution in [3.05, 3.63) is 71.5 Å². The van der Waals surface area contributed by atoms with Crippen LogP contribution in [0.15, 0.2) is 54.6 Å². The van der Waals surface area contributed by atoms with E-state index in [4.69, 9.17) is 0 Å². The SMILES string of the molecule is Cc1nnnn1-c1ccccc1C(=O)NCc1ccccc1. The number of carbonyl (C=O) groups excluding carboxylic acids is 1. The van der Waals surface area contributed by atoms with Crippen LogP contribution in [0.2, 0.25) is 0 Å². The largest absolute Gasteiger partial charge is 0.348 e. The molecule has 0 saturated carbocycles. The van der Waals surface area contributed by atoms with Gasteiger partial charge in [0.15, 0.2) is 5.82 Å². The molecule has 0 atom stereocenters. The zero-order valence-electron chi connectivity index (χ0n) is 12.1. The van der Waals surface area contributed by atoms with Gasteiger partial charge in [0.05, 0.1) is 11.3 Å². The van der Waals surface area contributed by atoms with Crippen molar-refractivity contribution in [2.45, 2.75) is 13.5 Å². The first-order chi connectivity index (χ1) is 10.8. The number of amides is 1. The fourth-order valence-corrected chi connectivity index (χ4v) is 2.18. The quantitative estimate of drug-likeness (QED) is 0.797. The highest BCUT2D eigenvalue weighted by Crippen LogP contribution is 2.14. The standard InChI is InChI=1S/C16H15N5O/c1-12-18-19-20-21(12)15-10-6-5-9-14(15)16(22)17-11-13-7-3-2-4-8-13/h2-10H,11H2,1H3,(H,17,22). The molecular formula is C16H15N5O. The monoisotopic (exact) mass is 293 g/mol. The number of carbonyl (C=O) groups is 1. The molecule has 0 bridgehead atoms. The smallest absolute Gasteiger partial charge is 0.253 e. The summed E-state index contributed by atoms with van der Waals surface area (Å²) in [5.74, 6) is 0.470. The van der Waals surface area contributed by atoms with Gasteiger partial charge in [-0.15, -0.1) is 5.10 Å². The lowest BCUT2D eigenvalue weighted by Gasteiger charge is -2.10. The Balaban J connectivity index is 1.83. The van der Waals surface area contributed by atoms with Crippen molar-refractivity contribution >= 4 is 5.91 Å². The lowest BCUT2D eigenvalue weighted by atomic mass is 10.1. The van der Waals surface area contributed by atoms with Crippen LogP contribution in [0.3, 0.4) is 0 Å². The second-order valence-electron chi connectivity index (χ2n) is 4.82. The van der Waals surface area contributed by atoms with Crippen molar-refractivity contribution in [2.24, 2.45) is 0 Å². The maximum Gasteiger partial charge on any atom is 0.253 e. The molecule has 0 aliphatic carbocycles. The first-order valence-corrected chi connectivity index (χ1v) is 6.92. The van der Waals surface area contributed by atoms with E-state index in [1.54, 1.807) is 17.7 Å². The Kier molecular flexibility index (Phi) is 3.91. The first kappa shape index (κ1) is 13.9. The van der Waals surface area contributed by atoms with Crippen LogP contribution in [-0.2, 0) is 6.54 Å². The summed E-state index contributed by atoms with van der Waals surface area (Å²) >= 11 is 0. The van der Waals surface area contributed by atoms with E-state index in [-0.39, 0.29) is 5.91 Å². The summed E-state index contributed by atoms with van der Waals surface area (Å²) in [6, 6.07) is 17.0. The summed E-state index contributed by atoms with van der Waals surface area (Å²) in [7, 11) is 0. The third kappa shape index (κ3) is 2.85. The van der Waals surface area contributed by atoms with Crippen molar-refractivity contribution in [3.8, 4) is 5.69 Å². The Hall–Kier alpha value is -3.02. The summed E-state index contributed by atoms with van der Waals surface area (Å²) in [6.45, 7) is 2.27. The Morgan fingerprint density at radius 1 is 1.09 bits per heavy atom. The summed E-state index contributed by atoms with van der Waals surface area (Å²) < 4.78 is 1.55. The van der Waals surface area contributed by atoms with Gasteiger partial charge in [-0.3, -0.25) is 4.79 Å². The van der Waals surface area contributed by atoms with E-state index in [9.17, 15) is 4.79 Å². The molecule has 0 radical (unpaired) electrons. The van der Waals surface area contributed by atoms with Gasteiger partial charge in [0, 0.05) is 6.54 Å². The minimum absolute atomic E-state index is 0.158. The molecule has 0 unspecified atom stereocenters. The van der Waals surface area contributed by atoms with E-state index in [0.29, 0.717) is 23.6 Å². The van der Waals surface area contributed by atoms with Gasteiger partial charge < -0.3 is 5.32 Å². The number of para-hydroxylation sites is 1. The van der Waals surface area contributed by atoms with Crippen LogP contribution in [0.1, 0.15) is 21.7 Å². The lowest BCUT2D eigenvalue weighted by Crippen LogP contribution is -2.24. The molecule has 6 nitrogen and oxygen atoms in total. The second kappa shape index (κ2) is 6.17. The number of nitrogens with zero attached hydrogens (tertiary/aromatic N) is 4. The molecule has 0 aliphatic rings. The molecule has 3 rings (SSSR count). The van der Waals surface area contributed by atoms with Crippen LogP contribution in [-0.4, -0.2) is 26.1 Å². The molecule has 1 aromatic heterocycles. The van der Waals surface area contributed by atoms with E-state index in [0.717, 1.165) is 5.56 Å². The number of benzene rings is 2. The predicted octanol–water partition coefficient (Wildman–Crippen LogP) is 1.90. The number of hydrogen-bond donors (Lipinski definition) is 1. The number of hydrogen-bond acceptors (Lipinski definition) is 4. The van der Waals surface area contributed by atoms with E-state index in [2.05, 4.69) is 20.8 Å². The van der Waals surface area contributed by atoms with Crippen molar-refractivity contribution in [3.63, 3.8) is 0 Å². The van der Waals surface area contributed by atoms with Crippen LogP contribution in [0.4, 0.5) is 0 Å². The average Bonchev–Trinajstić information content (AvgIpc) is 2.99. The number of aromatic nitrogens is 4. The van der Waals surface area contributed by atoms with Crippen molar-refractivity contribution < 1.29 is 4.79 Å². The number of tetrazole rings is 1. The van der Waals surface area contributed by atoms with Crippen molar-refractivity contribution in [1.82, 2.24) is 25.5 Å². The molecule has 3 aromatic rings. The highest BCUT2D eigenvalue weighted by Gasteiger charge is 2.14. The summed E-state index contributed by atoms with van der Waals surface area (Å²) in [6.07, 6.45) is 0. The van der Waals surface area contributed by atoms with E-state index in [1.165, 1.54) is 0 Å². The molecule has 0 aliphatic heterocycles. The van der Waals surface area contributed by atoms with Crippen LogP contribution in [0.5, 0.6) is 0 Å². The molecule has 1 heterocycles. The molecule has 1 amide bonds. The Labute approximate surface area is 127 Å². The zero-order valence-corrected chi connectivity index (χ0v) is 12.1. The molecule has 0 spiro atoms. The first-order valence-electron chi connectivity index (χ1n) is 6.92. The molecule has 110 valence electrons. The van der Waals surface area contributed by atoms with Gasteiger partial charge in [0.25, 0.3) is 5.91 Å². The van der Waals surface area contributed by atoms with Gasteiger partial charge in [0.1, 0.15) is 0 Å². The third-order valence-electron chi connectivity index (χ3n) is 3.30. The lowest BCUT2D eigenvalue weighted by molar-refractivity contribution is 0.0950. The van der Waals surface area contributed by atoms with E-state index < -0.39 is 0 Å². The number of rotatable bonds is 4. The van der Waals surface area contributed by atoms with Crippen LogP contribution >= 0.6 is 0 Å². The zero-order chi connectivity index (χ0) is 15.4. The number of aryl methyl sites for hydroxylation is 1. The van der Waals surface area contributed by atoms with E-state index >= 15 is 0 Å². The van der Waals surface area contributed by atoms with Crippen molar-refractivity contribution in [1.29, 1.82) is 0 Å². The fraction of sp³-hybridized carbons (Fsp3) is 0.125. The Morgan fingerprint density at radius 2 is 1.82 bits per heavy atom. The van der Waals surface area contributed by atoms with Gasteiger partial charge in [0.2, 0.25) is 0 Å². The van der Waals surface area contributed by atoms with Gasteiger partial charge in [-0.2, -0.15) is 4.68 Å². The Morgan fingerprint density at radius 3 is 2.55 bits per heavy atom. The average molecular weight is 293 g/mol. The van der Waals surface area contributed by atoms with Crippen LogP contribution in [0.25, 0.3) is 5.69 Å². The highest BCUT2D eigenvalue weighted by molar-refractivity contribution is 5.97. The topological polar surface area (TPSA) is 72.7 Å². The Bertz CT molecular complexity index is 782. The number of nitrogens with one attached hydrogen (secondary N) is 1. The second-order valence-corrected chi connectivity index (χ2v) is 4.82. The minimum atomic E-state index is -0.158. The third-order valence-corrected chi connectivity index (χ3v) is 3.30. The van der Waals surface area contributed by atoms with E-state index in [1.807, 2.05) is 48.5 Å². The summed E-state index contributed by atoms with van der Waals surface area (Å²) in [5.41, 5.74) is 2.25. The molecule has 0 fully saturated rings. The van der Waals surface area contributed by atoms with Gasteiger partial charge in [-0.05, 0) is 35.0 Å². The fourth-order valence-electron chi connectivity index (χ4n) is 2.18. The molecule has 1 N–H and O–H groups in total. The molecule has 0 saturated heterocycles. The van der Waals surface area contributed by atoms with Crippen molar-refractivity contribution in [2.75, 3.05) is 0 Å². The normalized spacial score (nSPS) is 10.4. The van der Waals surface area contributed by atoms with Gasteiger partial charge in [-0.25, -0.2) is 0 Å². The minimum Gasteiger partial charge on any atom is -0.348 e. The highest BCUT2D eigenvalue weighted by atomic mass is 16.1. The van der Waals surface area contributed by atoms with Gasteiger partial charge >= 0.3 is 0 Å².